The Labute approximate surface area is 189 Å². The summed E-state index contributed by atoms with van der Waals surface area (Å²) in [6.45, 7) is 2.81. The number of aromatic nitrogens is 2. The molecule has 0 atom stereocenters. The lowest BCUT2D eigenvalue weighted by Crippen LogP contribution is -2.17. The predicted octanol–water partition coefficient (Wildman–Crippen LogP) is 4.21. The summed E-state index contributed by atoms with van der Waals surface area (Å²) in [7, 11) is 0. The van der Waals surface area contributed by atoms with Crippen molar-refractivity contribution in [1.82, 2.24) is 9.97 Å². The second-order valence-electron chi connectivity index (χ2n) is 7.57. The third-order valence-corrected chi connectivity index (χ3v) is 5.26. The molecule has 0 fully saturated rings. The average molecular weight is 440 g/mol. The van der Waals surface area contributed by atoms with Gasteiger partial charge in [-0.1, -0.05) is 6.07 Å². The Morgan fingerprint density at radius 3 is 2.55 bits per heavy atom. The smallest absolute Gasteiger partial charge is 0.257 e. The maximum atomic E-state index is 12.8. The largest absolute Gasteiger partial charge is 0.486 e. The van der Waals surface area contributed by atoms with Crippen molar-refractivity contribution in [2.75, 3.05) is 23.8 Å². The van der Waals surface area contributed by atoms with Crippen LogP contribution in [-0.4, -0.2) is 35.0 Å². The van der Waals surface area contributed by atoms with Gasteiger partial charge in [0.2, 0.25) is 0 Å². The Balaban J connectivity index is 1.33. The number of nitrogens with zero attached hydrogens (tertiary/aromatic N) is 2. The van der Waals surface area contributed by atoms with Gasteiger partial charge in [-0.15, -0.1) is 0 Å². The lowest BCUT2D eigenvalue weighted by Gasteiger charge is -2.18. The van der Waals surface area contributed by atoms with Crippen LogP contribution in [0.5, 0.6) is 11.5 Å². The van der Waals surface area contributed by atoms with Gasteiger partial charge >= 0.3 is 0 Å². The molecule has 164 valence electrons. The molecule has 2 aromatic heterocycles. The van der Waals surface area contributed by atoms with E-state index in [2.05, 4.69) is 20.6 Å². The molecule has 3 heterocycles. The predicted molar refractivity (Wildman–Crippen MR) is 124 cm³/mol. The number of hydrogen-bond acceptors (Lipinski definition) is 6. The van der Waals surface area contributed by atoms with Crippen LogP contribution in [0, 0.1) is 6.92 Å². The molecule has 4 aromatic rings. The number of hydrogen-bond donors (Lipinski definition) is 2. The number of pyridine rings is 2. The monoisotopic (exact) mass is 440 g/mol. The summed E-state index contributed by atoms with van der Waals surface area (Å²) in [6, 6.07) is 15.8. The quantitative estimate of drug-likeness (QED) is 0.493. The highest BCUT2D eigenvalue weighted by atomic mass is 16.6. The van der Waals surface area contributed by atoms with Gasteiger partial charge in [0.15, 0.2) is 17.1 Å². The first-order valence-corrected chi connectivity index (χ1v) is 10.4. The fourth-order valence-corrected chi connectivity index (χ4v) is 3.51. The summed E-state index contributed by atoms with van der Waals surface area (Å²) in [6.07, 6.45) is 3.15. The Morgan fingerprint density at radius 2 is 1.67 bits per heavy atom. The number of nitrogens with one attached hydrogen (secondary N) is 2. The summed E-state index contributed by atoms with van der Waals surface area (Å²) in [5, 5.41) is 6.54. The highest BCUT2D eigenvalue weighted by molar-refractivity contribution is 6.07. The van der Waals surface area contributed by atoms with Gasteiger partial charge in [0.1, 0.15) is 13.2 Å². The number of carbonyl (C=O) groups excluding carboxylic acids is 2. The van der Waals surface area contributed by atoms with Gasteiger partial charge in [0.25, 0.3) is 11.8 Å². The fraction of sp³-hybridized carbons (Fsp3) is 0.120. The lowest BCUT2D eigenvalue weighted by molar-refractivity contribution is 0.101. The van der Waals surface area contributed by atoms with Gasteiger partial charge in [-0.2, -0.15) is 0 Å². The minimum Gasteiger partial charge on any atom is -0.486 e. The van der Waals surface area contributed by atoms with E-state index in [1.165, 1.54) is 6.20 Å². The van der Waals surface area contributed by atoms with Crippen LogP contribution in [0.2, 0.25) is 0 Å². The molecule has 0 bridgehead atoms. The maximum Gasteiger partial charge on any atom is 0.257 e. The van der Waals surface area contributed by atoms with Crippen molar-refractivity contribution < 1.29 is 19.1 Å². The van der Waals surface area contributed by atoms with Crippen molar-refractivity contribution >= 4 is 34.2 Å². The van der Waals surface area contributed by atoms with Gasteiger partial charge in [-0.05, 0) is 61.0 Å². The SMILES string of the molecule is Cc1ccc(NC(=O)c2ccc3c(c2)OCCO3)cc1NC(=O)c1cnc2ncccc2c1. The molecule has 8 nitrogen and oxygen atoms in total. The van der Waals surface area contributed by atoms with Crippen LogP contribution >= 0.6 is 0 Å². The molecule has 2 N–H and O–H groups in total. The van der Waals surface area contributed by atoms with Crippen LogP contribution in [0.1, 0.15) is 26.3 Å². The average Bonchev–Trinajstić information content (AvgIpc) is 2.85. The van der Waals surface area contributed by atoms with Crippen LogP contribution in [0.4, 0.5) is 11.4 Å². The summed E-state index contributed by atoms with van der Waals surface area (Å²) in [4.78, 5) is 34.0. The van der Waals surface area contributed by atoms with Crippen LogP contribution in [0.15, 0.2) is 67.0 Å². The third kappa shape index (κ3) is 4.31. The number of rotatable bonds is 4. The van der Waals surface area contributed by atoms with Crippen molar-refractivity contribution in [2.45, 2.75) is 6.92 Å². The molecule has 2 amide bonds. The molecule has 1 aliphatic heterocycles. The number of fused-ring (bicyclic) bond motifs is 2. The van der Waals surface area contributed by atoms with E-state index in [4.69, 9.17) is 9.47 Å². The first kappa shape index (κ1) is 20.4. The van der Waals surface area contributed by atoms with E-state index in [-0.39, 0.29) is 11.8 Å². The summed E-state index contributed by atoms with van der Waals surface area (Å²) in [5.41, 5.74) is 3.44. The molecule has 0 unspecified atom stereocenters. The Kier molecular flexibility index (Phi) is 5.32. The number of carbonyl (C=O) groups is 2. The van der Waals surface area contributed by atoms with Crippen LogP contribution in [0.3, 0.4) is 0 Å². The highest BCUT2D eigenvalue weighted by Gasteiger charge is 2.16. The molecule has 5 rings (SSSR count). The van der Waals surface area contributed by atoms with E-state index in [1.807, 2.05) is 19.1 Å². The number of aryl methyl sites for hydroxylation is 1. The van der Waals surface area contributed by atoms with Gasteiger partial charge < -0.3 is 20.1 Å². The molecule has 0 radical (unpaired) electrons. The third-order valence-electron chi connectivity index (χ3n) is 5.26. The first-order valence-electron chi connectivity index (χ1n) is 10.4. The molecule has 2 aromatic carbocycles. The zero-order valence-electron chi connectivity index (χ0n) is 17.8. The minimum absolute atomic E-state index is 0.292. The van der Waals surface area contributed by atoms with E-state index in [1.54, 1.807) is 48.7 Å². The topological polar surface area (TPSA) is 102 Å². The zero-order chi connectivity index (χ0) is 22.8. The molecular formula is C25H20N4O4. The lowest BCUT2D eigenvalue weighted by atomic mass is 10.1. The molecule has 0 aliphatic carbocycles. The second-order valence-corrected chi connectivity index (χ2v) is 7.57. The molecule has 0 saturated carbocycles. The van der Waals surface area contributed by atoms with Gasteiger partial charge in [-0.25, -0.2) is 9.97 Å². The van der Waals surface area contributed by atoms with Crippen molar-refractivity contribution in [3.63, 3.8) is 0 Å². The fourth-order valence-electron chi connectivity index (χ4n) is 3.51. The first-order chi connectivity index (χ1) is 16.1. The number of anilines is 2. The Hall–Kier alpha value is -4.46. The Bertz CT molecular complexity index is 1390. The summed E-state index contributed by atoms with van der Waals surface area (Å²) < 4.78 is 11.0. The summed E-state index contributed by atoms with van der Waals surface area (Å²) >= 11 is 0. The van der Waals surface area contributed by atoms with Gasteiger partial charge in [-0.3, -0.25) is 9.59 Å². The summed E-state index contributed by atoms with van der Waals surface area (Å²) in [5.74, 6) is 0.577. The van der Waals surface area contributed by atoms with E-state index in [0.29, 0.717) is 52.9 Å². The van der Waals surface area contributed by atoms with Crippen LogP contribution < -0.4 is 20.1 Å². The molecular weight excluding hydrogens is 420 g/mol. The van der Waals surface area contributed by atoms with Gasteiger partial charge in [0, 0.05) is 34.7 Å². The standard InChI is InChI=1S/C25H20N4O4/c1-15-4-6-19(28-24(30)17-5-7-21-22(12-17)33-10-9-32-21)13-20(15)29-25(31)18-11-16-3-2-8-26-23(16)27-14-18/h2-8,11-14H,9-10H2,1H3,(H,28,30)(H,29,31). The van der Waals surface area contributed by atoms with Gasteiger partial charge in [0.05, 0.1) is 5.56 Å². The molecule has 0 saturated heterocycles. The van der Waals surface area contributed by atoms with Crippen molar-refractivity contribution in [3.05, 3.63) is 83.7 Å². The Morgan fingerprint density at radius 1 is 0.848 bits per heavy atom. The highest BCUT2D eigenvalue weighted by Crippen LogP contribution is 2.31. The van der Waals surface area contributed by atoms with Crippen LogP contribution in [-0.2, 0) is 0 Å². The van der Waals surface area contributed by atoms with Crippen LogP contribution in [0.25, 0.3) is 11.0 Å². The normalized spacial score (nSPS) is 12.3. The van der Waals surface area contributed by atoms with E-state index in [9.17, 15) is 9.59 Å². The van der Waals surface area contributed by atoms with E-state index < -0.39 is 0 Å². The molecule has 8 heteroatoms. The maximum absolute atomic E-state index is 12.8. The number of benzene rings is 2. The molecule has 33 heavy (non-hydrogen) atoms. The number of amides is 2. The second kappa shape index (κ2) is 8.58. The zero-order valence-corrected chi connectivity index (χ0v) is 17.8. The van der Waals surface area contributed by atoms with E-state index in [0.717, 1.165) is 10.9 Å². The van der Waals surface area contributed by atoms with Crippen molar-refractivity contribution in [1.29, 1.82) is 0 Å². The van der Waals surface area contributed by atoms with Crippen molar-refractivity contribution in [2.24, 2.45) is 0 Å². The minimum atomic E-state index is -0.299. The number of ether oxygens (including phenoxy) is 2. The molecule has 0 spiro atoms. The van der Waals surface area contributed by atoms with E-state index >= 15 is 0 Å². The van der Waals surface area contributed by atoms with Crippen molar-refractivity contribution in [3.8, 4) is 11.5 Å². The molecule has 1 aliphatic rings.